The van der Waals surface area contributed by atoms with E-state index in [0.717, 1.165) is 42.6 Å². The van der Waals surface area contributed by atoms with Gasteiger partial charge in [-0.2, -0.15) is 0 Å². The van der Waals surface area contributed by atoms with Gasteiger partial charge in [-0.05, 0) is 56.7 Å². The number of nitrogens with two attached hydrogens (primary N) is 1. The van der Waals surface area contributed by atoms with Crippen LogP contribution in [0.25, 0.3) is 0 Å². The van der Waals surface area contributed by atoms with E-state index in [0.29, 0.717) is 31.9 Å². The van der Waals surface area contributed by atoms with Crippen LogP contribution in [-0.2, 0) is 15.1 Å². The zero-order valence-corrected chi connectivity index (χ0v) is 21.0. The second kappa shape index (κ2) is 13.0. The van der Waals surface area contributed by atoms with Crippen LogP contribution in [0.2, 0.25) is 0 Å². The first-order valence-electron chi connectivity index (χ1n) is 12.6. The van der Waals surface area contributed by atoms with Gasteiger partial charge in [0.15, 0.2) is 0 Å². The number of rotatable bonds is 12. The Labute approximate surface area is 208 Å². The molecule has 0 bridgehead atoms. The number of methoxy groups -OCH3 is 1. The molecule has 1 fully saturated rings. The predicted molar refractivity (Wildman–Crippen MR) is 136 cm³/mol. The summed E-state index contributed by atoms with van der Waals surface area (Å²) in [5.41, 5.74) is 6.08. The van der Waals surface area contributed by atoms with E-state index in [1.165, 1.54) is 0 Å². The summed E-state index contributed by atoms with van der Waals surface area (Å²) >= 11 is 0. The average Bonchev–Trinajstić information content (AvgIpc) is 2.88. The minimum Gasteiger partial charge on any atom is -0.457 e. The first kappa shape index (κ1) is 27.1. The van der Waals surface area contributed by atoms with Crippen LogP contribution in [-0.4, -0.2) is 60.5 Å². The highest BCUT2D eigenvalue weighted by molar-refractivity contribution is 5.76. The predicted octanol–water partition coefficient (Wildman–Crippen LogP) is 3.74. The van der Waals surface area contributed by atoms with Crippen molar-refractivity contribution in [2.45, 2.75) is 57.2 Å². The fraction of sp³-hybridized carbons (Fsp3) is 0.536. The Kier molecular flexibility index (Phi) is 10.1. The number of nitrogens with zero attached hydrogens (tertiary/aromatic N) is 1. The van der Waals surface area contributed by atoms with Gasteiger partial charge in [-0.3, -0.25) is 4.79 Å². The number of aliphatic hydroxyl groups is 2. The largest absolute Gasteiger partial charge is 0.457 e. The second-order valence-electron chi connectivity index (χ2n) is 9.51. The van der Waals surface area contributed by atoms with Gasteiger partial charge < -0.3 is 30.3 Å². The lowest BCUT2D eigenvalue weighted by molar-refractivity contribution is -0.138. The van der Waals surface area contributed by atoms with Crippen molar-refractivity contribution in [1.29, 1.82) is 0 Å². The van der Waals surface area contributed by atoms with E-state index in [1.54, 1.807) is 12.0 Å². The SMILES string of the molecule is COCCCCC(O)(c1ccccc1Oc1ccccc1C)[C@@H]1CCCN(C(=O)CC(O)CN)C1. The number of aliphatic hydroxyl groups excluding tert-OH is 1. The number of hydrogen-bond acceptors (Lipinski definition) is 6. The number of benzene rings is 2. The number of likely N-dealkylation sites (tertiary alicyclic amines) is 1. The van der Waals surface area contributed by atoms with Crippen LogP contribution in [0.1, 0.15) is 49.7 Å². The third-order valence-corrected chi connectivity index (χ3v) is 6.96. The Hall–Kier alpha value is -2.45. The molecule has 4 N–H and O–H groups in total. The van der Waals surface area contributed by atoms with E-state index in [2.05, 4.69) is 0 Å². The zero-order chi connectivity index (χ0) is 25.3. The molecule has 1 amide bonds. The number of carbonyl (C=O) groups is 1. The second-order valence-corrected chi connectivity index (χ2v) is 9.51. The Morgan fingerprint density at radius 1 is 1.17 bits per heavy atom. The summed E-state index contributed by atoms with van der Waals surface area (Å²) in [6.07, 6.45) is 2.88. The lowest BCUT2D eigenvalue weighted by Crippen LogP contribution is -2.49. The molecule has 2 unspecified atom stereocenters. The maximum absolute atomic E-state index is 12.8. The van der Waals surface area contributed by atoms with Crippen LogP contribution >= 0.6 is 0 Å². The van der Waals surface area contributed by atoms with Crippen LogP contribution in [0, 0.1) is 12.8 Å². The maximum Gasteiger partial charge on any atom is 0.225 e. The smallest absolute Gasteiger partial charge is 0.225 e. The molecule has 1 aliphatic heterocycles. The first-order valence-corrected chi connectivity index (χ1v) is 12.6. The summed E-state index contributed by atoms with van der Waals surface area (Å²) in [6, 6.07) is 15.5. The Bertz CT molecular complexity index is 952. The monoisotopic (exact) mass is 484 g/mol. The lowest BCUT2D eigenvalue weighted by atomic mass is 9.73. The van der Waals surface area contributed by atoms with E-state index in [4.69, 9.17) is 15.2 Å². The minimum atomic E-state index is -1.18. The highest BCUT2D eigenvalue weighted by Gasteiger charge is 2.43. The van der Waals surface area contributed by atoms with Gasteiger partial charge in [0.25, 0.3) is 0 Å². The van der Waals surface area contributed by atoms with E-state index in [9.17, 15) is 15.0 Å². The van der Waals surface area contributed by atoms with E-state index in [-0.39, 0.29) is 24.8 Å². The number of piperidine rings is 1. The van der Waals surface area contributed by atoms with E-state index < -0.39 is 11.7 Å². The third-order valence-electron chi connectivity index (χ3n) is 6.96. The molecule has 1 saturated heterocycles. The van der Waals surface area contributed by atoms with Gasteiger partial charge in [0.1, 0.15) is 11.5 Å². The van der Waals surface area contributed by atoms with Crippen LogP contribution in [0.15, 0.2) is 48.5 Å². The Morgan fingerprint density at radius 2 is 1.89 bits per heavy atom. The quantitative estimate of drug-likeness (QED) is 0.397. The van der Waals surface area contributed by atoms with Crippen molar-refractivity contribution in [1.82, 2.24) is 4.90 Å². The van der Waals surface area contributed by atoms with Crippen molar-refractivity contribution in [2.75, 3.05) is 33.4 Å². The standard InChI is InChI=1S/C28H40N2O5/c1-21-10-3-5-13-25(21)35-26-14-6-4-12-24(26)28(33,15-7-8-17-34-2)22-11-9-16-30(20-22)27(32)18-23(31)19-29/h3-6,10,12-14,22-23,31,33H,7-9,11,15-20,29H2,1-2H3/t22-,23?,28?/m1/s1. The molecule has 0 aliphatic carbocycles. The fourth-order valence-corrected chi connectivity index (χ4v) is 4.91. The number of carbonyl (C=O) groups excluding carboxylic acids is 1. The van der Waals surface area contributed by atoms with Crippen molar-refractivity contribution in [3.8, 4) is 11.5 Å². The number of ether oxygens (including phenoxy) is 2. The number of hydrogen-bond donors (Lipinski definition) is 3. The van der Waals surface area contributed by atoms with Gasteiger partial charge in [-0.1, -0.05) is 36.4 Å². The first-order chi connectivity index (χ1) is 16.9. The van der Waals surface area contributed by atoms with E-state index >= 15 is 0 Å². The van der Waals surface area contributed by atoms with Gasteiger partial charge in [0, 0.05) is 44.8 Å². The van der Waals surface area contributed by atoms with Crippen LogP contribution in [0.5, 0.6) is 11.5 Å². The van der Waals surface area contributed by atoms with Crippen molar-refractivity contribution in [2.24, 2.45) is 11.7 Å². The molecule has 7 heteroatoms. The molecule has 2 aromatic rings. The molecule has 2 aromatic carbocycles. The molecule has 3 rings (SSSR count). The lowest BCUT2D eigenvalue weighted by Gasteiger charge is -2.43. The molecule has 35 heavy (non-hydrogen) atoms. The van der Waals surface area contributed by atoms with Crippen molar-refractivity contribution >= 4 is 5.91 Å². The Balaban J connectivity index is 1.91. The molecule has 192 valence electrons. The normalized spacial score (nSPS) is 18.7. The number of amides is 1. The van der Waals surface area contributed by atoms with Crippen LogP contribution in [0.4, 0.5) is 0 Å². The number of para-hydroxylation sites is 2. The molecule has 1 heterocycles. The summed E-state index contributed by atoms with van der Waals surface area (Å²) in [5.74, 6) is 1.08. The van der Waals surface area contributed by atoms with Gasteiger partial charge in [0.2, 0.25) is 5.91 Å². The number of unbranched alkanes of at least 4 members (excludes halogenated alkanes) is 1. The van der Waals surface area contributed by atoms with E-state index in [1.807, 2.05) is 55.5 Å². The highest BCUT2D eigenvalue weighted by atomic mass is 16.5. The maximum atomic E-state index is 12.8. The summed E-state index contributed by atoms with van der Waals surface area (Å²) < 4.78 is 11.6. The third kappa shape index (κ3) is 7.04. The molecule has 0 spiro atoms. The van der Waals surface area contributed by atoms with Crippen LogP contribution < -0.4 is 10.5 Å². The summed E-state index contributed by atoms with van der Waals surface area (Å²) in [7, 11) is 1.68. The van der Waals surface area contributed by atoms with Crippen molar-refractivity contribution < 1.29 is 24.5 Å². The molecule has 0 aromatic heterocycles. The van der Waals surface area contributed by atoms with Gasteiger partial charge >= 0.3 is 0 Å². The highest BCUT2D eigenvalue weighted by Crippen LogP contribution is 2.44. The molecule has 0 radical (unpaired) electrons. The average molecular weight is 485 g/mol. The summed E-state index contributed by atoms with van der Waals surface area (Å²) in [4.78, 5) is 14.6. The van der Waals surface area contributed by atoms with Gasteiger partial charge in [-0.25, -0.2) is 0 Å². The molecule has 1 aliphatic rings. The molecule has 7 nitrogen and oxygen atoms in total. The Morgan fingerprint density at radius 3 is 2.60 bits per heavy atom. The van der Waals surface area contributed by atoms with Crippen molar-refractivity contribution in [3.63, 3.8) is 0 Å². The summed E-state index contributed by atoms with van der Waals surface area (Å²) in [6.45, 7) is 3.72. The zero-order valence-electron chi connectivity index (χ0n) is 21.0. The molecular weight excluding hydrogens is 444 g/mol. The minimum absolute atomic E-state index is 0.00245. The molecule has 0 saturated carbocycles. The van der Waals surface area contributed by atoms with Gasteiger partial charge in [-0.15, -0.1) is 0 Å². The number of aryl methyl sites for hydroxylation is 1. The van der Waals surface area contributed by atoms with Crippen molar-refractivity contribution in [3.05, 3.63) is 59.7 Å². The fourth-order valence-electron chi connectivity index (χ4n) is 4.91. The van der Waals surface area contributed by atoms with Crippen LogP contribution in [0.3, 0.4) is 0 Å². The summed E-state index contributed by atoms with van der Waals surface area (Å²) in [5, 5.41) is 22.2. The van der Waals surface area contributed by atoms with Gasteiger partial charge in [0.05, 0.1) is 18.1 Å². The topological polar surface area (TPSA) is 105 Å². The molecular formula is C28H40N2O5. The molecule has 3 atom stereocenters.